The molecule has 1 spiro atoms. The largest absolute Gasteiger partial charge is 0.441 e. The molecular weight excluding hydrogens is 332 g/mol. The van der Waals surface area contributed by atoms with E-state index in [-0.39, 0.29) is 18.3 Å². The van der Waals surface area contributed by atoms with E-state index >= 15 is 0 Å². The van der Waals surface area contributed by atoms with Gasteiger partial charge in [0.2, 0.25) is 0 Å². The number of aliphatic hydroxyl groups is 1. The second-order valence-corrected chi connectivity index (χ2v) is 8.15. The van der Waals surface area contributed by atoms with E-state index in [1.807, 2.05) is 4.90 Å². The highest BCUT2D eigenvalue weighted by Crippen LogP contribution is 2.33. The van der Waals surface area contributed by atoms with Crippen LogP contribution < -0.4 is 0 Å². The van der Waals surface area contributed by atoms with Crippen LogP contribution in [0.2, 0.25) is 0 Å². The van der Waals surface area contributed by atoms with E-state index in [0.717, 1.165) is 84.7 Å². The zero-order valence-corrected chi connectivity index (χ0v) is 16.5. The minimum atomic E-state index is -0.284. The summed E-state index contributed by atoms with van der Waals surface area (Å²) < 4.78 is 5.85. The number of carbonyl (C=O) groups excluding carboxylic acids is 1. The Morgan fingerprint density at radius 1 is 1.08 bits per heavy atom. The van der Waals surface area contributed by atoms with Crippen LogP contribution in [0, 0.1) is 0 Å². The zero-order chi connectivity index (χ0) is 18.6. The molecule has 3 rings (SSSR count). The van der Waals surface area contributed by atoms with Crippen molar-refractivity contribution in [1.29, 1.82) is 0 Å². The van der Waals surface area contributed by atoms with Crippen molar-refractivity contribution in [2.45, 2.75) is 44.8 Å². The molecule has 7 heteroatoms. The maximum absolute atomic E-state index is 12.4. The van der Waals surface area contributed by atoms with Crippen LogP contribution in [-0.2, 0) is 4.74 Å². The number of carbonyl (C=O) groups is 1. The molecule has 3 aliphatic heterocycles. The Morgan fingerprint density at radius 2 is 1.73 bits per heavy atom. The third-order valence-electron chi connectivity index (χ3n) is 6.52. The van der Waals surface area contributed by atoms with Gasteiger partial charge in [-0.15, -0.1) is 0 Å². The second-order valence-electron chi connectivity index (χ2n) is 8.15. The third kappa shape index (κ3) is 4.68. The molecule has 0 aromatic carbocycles. The van der Waals surface area contributed by atoms with Gasteiger partial charge in [-0.05, 0) is 19.9 Å². The third-order valence-corrected chi connectivity index (χ3v) is 6.52. The highest BCUT2D eigenvalue weighted by molar-refractivity contribution is 5.70. The number of hydrogen-bond acceptors (Lipinski definition) is 6. The molecule has 3 aliphatic rings. The van der Waals surface area contributed by atoms with Gasteiger partial charge in [-0.1, -0.05) is 6.92 Å². The number of aliphatic hydroxyl groups excluding tert-OH is 1. The number of amides is 1. The lowest BCUT2D eigenvalue weighted by Gasteiger charge is -2.40. The van der Waals surface area contributed by atoms with Crippen LogP contribution in [0.1, 0.15) is 33.1 Å². The monoisotopic (exact) mass is 368 g/mol. The highest BCUT2D eigenvalue weighted by atomic mass is 16.6. The number of likely N-dealkylation sites (tertiary alicyclic amines) is 1. The topological polar surface area (TPSA) is 59.5 Å². The van der Waals surface area contributed by atoms with Gasteiger partial charge in [0.25, 0.3) is 0 Å². The maximum atomic E-state index is 12.4. The number of piperazine rings is 1. The number of ether oxygens (including phenoxy) is 1. The van der Waals surface area contributed by atoms with Crippen LogP contribution in [0.5, 0.6) is 0 Å². The molecule has 7 nitrogen and oxygen atoms in total. The van der Waals surface area contributed by atoms with Crippen molar-refractivity contribution in [3.05, 3.63) is 0 Å². The van der Waals surface area contributed by atoms with E-state index in [2.05, 4.69) is 28.5 Å². The molecule has 0 bridgehead atoms. The van der Waals surface area contributed by atoms with Gasteiger partial charge in [0, 0.05) is 77.8 Å². The summed E-state index contributed by atoms with van der Waals surface area (Å²) in [6.45, 7) is 14.6. The minimum Gasteiger partial charge on any atom is -0.441 e. The first kappa shape index (κ1) is 19.9. The average Bonchev–Trinajstić information content (AvgIpc) is 2.96. The Kier molecular flexibility index (Phi) is 6.77. The van der Waals surface area contributed by atoms with Gasteiger partial charge in [0.15, 0.2) is 0 Å². The molecular formula is C19H36N4O3. The SMILES string of the molecule is CCN1CCN(CCN2CC3(CCN([C@H](C)CCO)CC3)OC2=O)CC1. The summed E-state index contributed by atoms with van der Waals surface area (Å²) in [5, 5.41) is 9.13. The Bertz CT molecular complexity index is 460. The zero-order valence-electron chi connectivity index (χ0n) is 16.5. The molecule has 3 fully saturated rings. The molecule has 0 saturated carbocycles. The quantitative estimate of drug-likeness (QED) is 0.713. The van der Waals surface area contributed by atoms with Gasteiger partial charge >= 0.3 is 6.09 Å². The molecule has 0 unspecified atom stereocenters. The first-order valence-corrected chi connectivity index (χ1v) is 10.3. The molecule has 3 saturated heterocycles. The number of hydrogen-bond donors (Lipinski definition) is 1. The van der Waals surface area contributed by atoms with Crippen molar-refractivity contribution in [3.63, 3.8) is 0 Å². The average molecular weight is 369 g/mol. The summed E-state index contributed by atoms with van der Waals surface area (Å²) in [6, 6.07) is 0.396. The van der Waals surface area contributed by atoms with Crippen LogP contribution in [-0.4, -0.2) is 114 Å². The van der Waals surface area contributed by atoms with Crippen molar-refractivity contribution in [3.8, 4) is 0 Å². The summed E-state index contributed by atoms with van der Waals surface area (Å²) >= 11 is 0. The van der Waals surface area contributed by atoms with Crippen LogP contribution in [0.15, 0.2) is 0 Å². The molecule has 26 heavy (non-hydrogen) atoms. The Hall–Kier alpha value is -0.890. The lowest BCUT2D eigenvalue weighted by Crippen LogP contribution is -2.50. The first-order valence-electron chi connectivity index (χ1n) is 10.3. The maximum Gasteiger partial charge on any atom is 0.410 e. The van der Waals surface area contributed by atoms with Crippen LogP contribution in [0.3, 0.4) is 0 Å². The van der Waals surface area contributed by atoms with Crippen LogP contribution in [0.25, 0.3) is 0 Å². The molecule has 0 radical (unpaired) electrons. The highest BCUT2D eigenvalue weighted by Gasteiger charge is 2.47. The second kappa shape index (κ2) is 8.87. The molecule has 150 valence electrons. The fraction of sp³-hybridized carbons (Fsp3) is 0.947. The van der Waals surface area contributed by atoms with E-state index in [0.29, 0.717) is 6.04 Å². The molecule has 0 aromatic rings. The van der Waals surface area contributed by atoms with Gasteiger partial charge in [-0.3, -0.25) is 4.90 Å². The number of piperidine rings is 1. The van der Waals surface area contributed by atoms with Gasteiger partial charge in [-0.2, -0.15) is 0 Å². The van der Waals surface area contributed by atoms with Crippen molar-refractivity contribution in [2.75, 3.05) is 72.1 Å². The van der Waals surface area contributed by atoms with Crippen molar-refractivity contribution >= 4 is 6.09 Å². The van der Waals surface area contributed by atoms with Gasteiger partial charge < -0.3 is 24.5 Å². The minimum absolute atomic E-state index is 0.131. The standard InChI is InChI=1S/C19H36N4O3/c1-3-20-9-11-21(12-10-20)13-14-23-16-19(26-18(23)25)5-7-22(8-6-19)17(2)4-15-24/h17,24H,3-16H2,1-2H3/t17-/m1/s1. The summed E-state index contributed by atoms with van der Waals surface area (Å²) in [7, 11) is 0. The fourth-order valence-electron chi connectivity index (χ4n) is 4.46. The number of nitrogens with zero attached hydrogens (tertiary/aromatic N) is 4. The smallest absolute Gasteiger partial charge is 0.410 e. The van der Waals surface area contributed by atoms with Crippen molar-refractivity contribution in [1.82, 2.24) is 19.6 Å². The fourth-order valence-corrected chi connectivity index (χ4v) is 4.46. The van der Waals surface area contributed by atoms with Crippen molar-refractivity contribution < 1.29 is 14.6 Å². The van der Waals surface area contributed by atoms with E-state index in [9.17, 15) is 4.79 Å². The van der Waals surface area contributed by atoms with Crippen LogP contribution in [0.4, 0.5) is 4.79 Å². The summed E-state index contributed by atoms with van der Waals surface area (Å²) in [4.78, 5) is 21.6. The molecule has 0 aliphatic carbocycles. The van der Waals surface area contributed by atoms with Gasteiger partial charge in [-0.25, -0.2) is 4.79 Å². The first-order chi connectivity index (χ1) is 12.5. The Balaban J connectivity index is 1.43. The number of likely N-dealkylation sites (N-methyl/N-ethyl adjacent to an activating group) is 1. The summed E-state index contributed by atoms with van der Waals surface area (Å²) in [5.41, 5.74) is -0.284. The van der Waals surface area contributed by atoms with Crippen molar-refractivity contribution in [2.24, 2.45) is 0 Å². The number of rotatable bonds is 7. The Labute approximate surface area is 157 Å². The summed E-state index contributed by atoms with van der Waals surface area (Å²) in [6.07, 6.45) is 2.49. The molecule has 1 atom stereocenters. The van der Waals surface area contributed by atoms with E-state index < -0.39 is 0 Å². The molecule has 1 amide bonds. The van der Waals surface area contributed by atoms with Gasteiger partial charge in [0.1, 0.15) is 5.60 Å². The van der Waals surface area contributed by atoms with Gasteiger partial charge in [0.05, 0.1) is 6.54 Å². The normalized spacial score (nSPS) is 26.4. The van der Waals surface area contributed by atoms with Crippen LogP contribution >= 0.6 is 0 Å². The van der Waals surface area contributed by atoms with E-state index in [4.69, 9.17) is 9.84 Å². The molecule has 0 aromatic heterocycles. The van der Waals surface area contributed by atoms with E-state index in [1.165, 1.54) is 0 Å². The molecule has 3 heterocycles. The predicted octanol–water partition coefficient (Wildman–Crippen LogP) is 0.682. The lowest BCUT2D eigenvalue weighted by atomic mass is 9.90. The van der Waals surface area contributed by atoms with E-state index in [1.54, 1.807) is 0 Å². The summed E-state index contributed by atoms with van der Waals surface area (Å²) in [5.74, 6) is 0. The lowest BCUT2D eigenvalue weighted by molar-refractivity contribution is -0.0105. The molecule has 1 N–H and O–H groups in total. The Morgan fingerprint density at radius 3 is 2.35 bits per heavy atom. The predicted molar refractivity (Wildman–Crippen MR) is 101 cm³/mol.